The lowest BCUT2D eigenvalue weighted by atomic mass is 10.2. The third kappa shape index (κ3) is 1.99. The van der Waals surface area contributed by atoms with Crippen LogP contribution in [0, 0.1) is 0 Å². The van der Waals surface area contributed by atoms with Gasteiger partial charge in [-0.05, 0) is 24.4 Å². The Kier molecular flexibility index (Phi) is 3.60. The van der Waals surface area contributed by atoms with E-state index < -0.39 is 0 Å². The van der Waals surface area contributed by atoms with E-state index in [0.29, 0.717) is 0 Å². The van der Waals surface area contributed by atoms with Gasteiger partial charge in [0, 0.05) is 17.6 Å². The highest BCUT2D eigenvalue weighted by Gasteiger charge is 2.20. The molecule has 0 aromatic carbocycles. The molecule has 0 saturated heterocycles. The molecule has 0 spiro atoms. The summed E-state index contributed by atoms with van der Waals surface area (Å²) < 4.78 is 1.90. The summed E-state index contributed by atoms with van der Waals surface area (Å²) in [4.78, 5) is 1.01. The summed E-state index contributed by atoms with van der Waals surface area (Å²) in [5.41, 5.74) is 3.81. The monoisotopic (exact) mass is 256 g/mol. The number of nitrogens with zero attached hydrogens (tertiary/aromatic N) is 2. The SMILES string of the molecule is CCn1nccc1C(NN)c1sccc1Cl. The third-order valence-corrected chi connectivity index (χ3v) is 3.84. The van der Waals surface area contributed by atoms with Crippen molar-refractivity contribution in [3.63, 3.8) is 0 Å². The number of aryl methyl sites for hydroxylation is 1. The lowest BCUT2D eigenvalue weighted by molar-refractivity contribution is 0.548. The summed E-state index contributed by atoms with van der Waals surface area (Å²) in [5, 5.41) is 6.91. The molecule has 0 aliphatic carbocycles. The second-order valence-electron chi connectivity index (χ2n) is 3.30. The third-order valence-electron chi connectivity index (χ3n) is 2.42. The van der Waals surface area contributed by atoms with Crippen LogP contribution in [0.25, 0.3) is 0 Å². The van der Waals surface area contributed by atoms with E-state index in [1.807, 2.05) is 29.1 Å². The standard InChI is InChI=1S/C10H13ClN4S/c1-2-15-8(3-5-13-15)9(14-12)10-7(11)4-6-16-10/h3-6,9,14H,2,12H2,1H3. The topological polar surface area (TPSA) is 55.9 Å². The van der Waals surface area contributed by atoms with E-state index in [2.05, 4.69) is 10.5 Å². The van der Waals surface area contributed by atoms with Crippen molar-refractivity contribution in [1.29, 1.82) is 0 Å². The predicted octanol–water partition coefficient (Wildman–Crippen LogP) is 2.17. The molecule has 0 bridgehead atoms. The summed E-state index contributed by atoms with van der Waals surface area (Å²) in [5.74, 6) is 5.60. The highest BCUT2D eigenvalue weighted by atomic mass is 35.5. The Balaban J connectivity index is 2.40. The van der Waals surface area contributed by atoms with Gasteiger partial charge in [-0.3, -0.25) is 10.5 Å². The summed E-state index contributed by atoms with van der Waals surface area (Å²) in [7, 11) is 0. The van der Waals surface area contributed by atoms with Gasteiger partial charge in [-0.1, -0.05) is 11.6 Å². The van der Waals surface area contributed by atoms with Gasteiger partial charge in [-0.2, -0.15) is 5.10 Å². The Morgan fingerprint density at radius 1 is 1.62 bits per heavy atom. The maximum atomic E-state index is 6.11. The van der Waals surface area contributed by atoms with Crippen LogP contribution in [-0.2, 0) is 6.54 Å². The summed E-state index contributed by atoms with van der Waals surface area (Å²) >= 11 is 7.70. The van der Waals surface area contributed by atoms with Gasteiger partial charge in [0.2, 0.25) is 0 Å². The minimum Gasteiger partial charge on any atom is -0.270 e. The summed E-state index contributed by atoms with van der Waals surface area (Å²) in [6.07, 6.45) is 1.77. The Bertz CT molecular complexity index is 465. The average molecular weight is 257 g/mol. The number of nitrogens with one attached hydrogen (secondary N) is 1. The molecule has 16 heavy (non-hydrogen) atoms. The smallest absolute Gasteiger partial charge is 0.0984 e. The zero-order valence-electron chi connectivity index (χ0n) is 8.85. The van der Waals surface area contributed by atoms with Crippen molar-refractivity contribution in [3.8, 4) is 0 Å². The molecule has 6 heteroatoms. The molecule has 2 rings (SSSR count). The highest BCUT2D eigenvalue weighted by Crippen LogP contribution is 2.32. The molecule has 0 amide bonds. The Labute approximate surface area is 103 Å². The Hall–Kier alpha value is -0.880. The van der Waals surface area contributed by atoms with E-state index in [-0.39, 0.29) is 6.04 Å². The molecule has 1 unspecified atom stereocenters. The largest absolute Gasteiger partial charge is 0.270 e. The first kappa shape index (κ1) is 11.6. The van der Waals surface area contributed by atoms with E-state index in [1.54, 1.807) is 17.5 Å². The van der Waals surface area contributed by atoms with Crippen LogP contribution in [-0.4, -0.2) is 9.78 Å². The average Bonchev–Trinajstić information content (AvgIpc) is 2.90. The van der Waals surface area contributed by atoms with Gasteiger partial charge in [0.25, 0.3) is 0 Å². The predicted molar refractivity (Wildman–Crippen MR) is 66.4 cm³/mol. The van der Waals surface area contributed by atoms with Crippen molar-refractivity contribution in [1.82, 2.24) is 15.2 Å². The number of halogens is 1. The second-order valence-corrected chi connectivity index (χ2v) is 4.66. The van der Waals surface area contributed by atoms with E-state index in [4.69, 9.17) is 17.4 Å². The van der Waals surface area contributed by atoms with Gasteiger partial charge in [-0.25, -0.2) is 5.43 Å². The quantitative estimate of drug-likeness (QED) is 0.651. The molecule has 0 saturated carbocycles. The van der Waals surface area contributed by atoms with Crippen molar-refractivity contribution in [3.05, 3.63) is 39.3 Å². The minimum absolute atomic E-state index is 0.102. The second kappa shape index (κ2) is 4.97. The van der Waals surface area contributed by atoms with Gasteiger partial charge >= 0.3 is 0 Å². The van der Waals surface area contributed by atoms with Crippen molar-refractivity contribution in [2.75, 3.05) is 0 Å². The van der Waals surface area contributed by atoms with Crippen LogP contribution < -0.4 is 11.3 Å². The normalized spacial score (nSPS) is 12.9. The van der Waals surface area contributed by atoms with Gasteiger partial charge in [0.1, 0.15) is 0 Å². The molecule has 3 N–H and O–H groups in total. The highest BCUT2D eigenvalue weighted by molar-refractivity contribution is 7.10. The Morgan fingerprint density at radius 2 is 2.44 bits per heavy atom. The van der Waals surface area contributed by atoms with Crippen LogP contribution in [0.15, 0.2) is 23.7 Å². The molecule has 0 fully saturated rings. The summed E-state index contributed by atoms with van der Waals surface area (Å²) in [6.45, 7) is 2.85. The zero-order valence-corrected chi connectivity index (χ0v) is 10.4. The molecule has 0 aliphatic heterocycles. The number of aromatic nitrogens is 2. The maximum absolute atomic E-state index is 6.11. The molecule has 2 aromatic rings. The first-order valence-electron chi connectivity index (χ1n) is 4.98. The number of thiophene rings is 1. The van der Waals surface area contributed by atoms with E-state index in [9.17, 15) is 0 Å². The first-order chi connectivity index (χ1) is 7.77. The number of rotatable bonds is 4. The molecule has 86 valence electrons. The van der Waals surface area contributed by atoms with E-state index >= 15 is 0 Å². The van der Waals surface area contributed by atoms with Crippen molar-refractivity contribution in [2.24, 2.45) is 5.84 Å². The molecule has 2 heterocycles. The maximum Gasteiger partial charge on any atom is 0.0984 e. The van der Waals surface area contributed by atoms with Crippen molar-refractivity contribution >= 4 is 22.9 Å². The van der Waals surface area contributed by atoms with Crippen LogP contribution >= 0.6 is 22.9 Å². The van der Waals surface area contributed by atoms with E-state index in [0.717, 1.165) is 22.1 Å². The number of hydrogen-bond donors (Lipinski definition) is 2. The molecular weight excluding hydrogens is 244 g/mol. The van der Waals surface area contributed by atoms with Gasteiger partial charge in [0.15, 0.2) is 0 Å². The van der Waals surface area contributed by atoms with Crippen molar-refractivity contribution < 1.29 is 0 Å². The van der Waals surface area contributed by atoms with Gasteiger partial charge in [-0.15, -0.1) is 11.3 Å². The number of nitrogens with two attached hydrogens (primary N) is 1. The van der Waals surface area contributed by atoms with Crippen LogP contribution in [0.3, 0.4) is 0 Å². The van der Waals surface area contributed by atoms with Gasteiger partial charge < -0.3 is 0 Å². The van der Waals surface area contributed by atoms with E-state index in [1.165, 1.54) is 0 Å². The number of hydrogen-bond acceptors (Lipinski definition) is 4. The molecular formula is C10H13ClN4S. The minimum atomic E-state index is -0.102. The molecule has 1 atom stereocenters. The summed E-state index contributed by atoms with van der Waals surface area (Å²) in [6, 6.07) is 3.72. The zero-order chi connectivity index (χ0) is 11.5. The molecule has 0 radical (unpaired) electrons. The number of hydrazine groups is 1. The van der Waals surface area contributed by atoms with Crippen LogP contribution in [0.4, 0.5) is 0 Å². The fraction of sp³-hybridized carbons (Fsp3) is 0.300. The van der Waals surface area contributed by atoms with Gasteiger partial charge in [0.05, 0.1) is 16.8 Å². The van der Waals surface area contributed by atoms with Crippen LogP contribution in [0.5, 0.6) is 0 Å². The molecule has 0 aliphatic rings. The Morgan fingerprint density at radius 3 is 3.00 bits per heavy atom. The fourth-order valence-electron chi connectivity index (χ4n) is 1.66. The lowest BCUT2D eigenvalue weighted by Gasteiger charge is -2.16. The molecule has 2 aromatic heterocycles. The van der Waals surface area contributed by atoms with Crippen LogP contribution in [0.2, 0.25) is 5.02 Å². The first-order valence-corrected chi connectivity index (χ1v) is 6.24. The van der Waals surface area contributed by atoms with Crippen LogP contribution in [0.1, 0.15) is 23.5 Å². The fourth-order valence-corrected chi connectivity index (χ4v) is 2.90. The lowest BCUT2D eigenvalue weighted by Crippen LogP contribution is -2.30. The molecule has 4 nitrogen and oxygen atoms in total. The van der Waals surface area contributed by atoms with Crippen molar-refractivity contribution in [2.45, 2.75) is 19.5 Å².